The smallest absolute Gasteiger partial charge is 0.242 e. The van der Waals surface area contributed by atoms with Gasteiger partial charge in [0.25, 0.3) is 0 Å². The van der Waals surface area contributed by atoms with E-state index in [4.69, 9.17) is 25.6 Å². The molecule has 0 amide bonds. The molecule has 0 aliphatic carbocycles. The maximum Gasteiger partial charge on any atom is 0.242 e. The van der Waals surface area contributed by atoms with Gasteiger partial charge in [0.05, 0.1) is 30.2 Å². The molecule has 3 aromatic rings. The van der Waals surface area contributed by atoms with Gasteiger partial charge in [-0.25, -0.2) is 13.1 Å². The van der Waals surface area contributed by atoms with Gasteiger partial charge in [0, 0.05) is 5.56 Å². The molecule has 0 spiro atoms. The molecule has 148 valence electrons. The first kappa shape index (κ1) is 20.1. The maximum atomic E-state index is 12.4. The molecule has 10 heteroatoms. The van der Waals surface area contributed by atoms with E-state index in [0.717, 1.165) is 11.3 Å². The lowest BCUT2D eigenvalue weighted by molar-refractivity contribution is 0.340. The standard InChI is InChI=1S/C18H18ClN3O5S/c1-3-26-13-6-4-12(5-7-13)18-21-17(27-22-18)11-20-28(23,24)14-8-9-16(25-2)15(19)10-14/h4-10,20H,3,11H2,1-2H3. The van der Waals surface area contributed by atoms with Crippen LogP contribution in [-0.2, 0) is 16.6 Å². The lowest BCUT2D eigenvalue weighted by Crippen LogP contribution is -2.23. The molecule has 2 aromatic carbocycles. The Bertz CT molecular complexity index is 1050. The van der Waals surface area contributed by atoms with E-state index in [2.05, 4.69) is 14.9 Å². The van der Waals surface area contributed by atoms with Crippen LogP contribution in [0.4, 0.5) is 0 Å². The van der Waals surface area contributed by atoms with E-state index in [9.17, 15) is 8.42 Å². The Hall–Kier alpha value is -2.62. The zero-order valence-corrected chi connectivity index (χ0v) is 16.7. The van der Waals surface area contributed by atoms with Crippen molar-refractivity contribution in [1.29, 1.82) is 0 Å². The second kappa shape index (κ2) is 8.59. The Kier molecular flexibility index (Phi) is 6.18. The molecular formula is C18H18ClN3O5S. The van der Waals surface area contributed by atoms with Gasteiger partial charge in [0.1, 0.15) is 11.5 Å². The topological polar surface area (TPSA) is 104 Å². The highest BCUT2D eigenvalue weighted by atomic mass is 35.5. The normalized spacial score (nSPS) is 11.4. The van der Waals surface area contributed by atoms with Gasteiger partial charge < -0.3 is 14.0 Å². The summed E-state index contributed by atoms with van der Waals surface area (Å²) in [6.45, 7) is 2.32. The van der Waals surface area contributed by atoms with E-state index < -0.39 is 10.0 Å². The van der Waals surface area contributed by atoms with Crippen molar-refractivity contribution in [3.8, 4) is 22.9 Å². The molecule has 0 bridgehead atoms. The van der Waals surface area contributed by atoms with Crippen LogP contribution in [0.5, 0.6) is 11.5 Å². The number of methoxy groups -OCH3 is 1. The van der Waals surface area contributed by atoms with Crippen LogP contribution in [0.2, 0.25) is 5.02 Å². The average molecular weight is 424 g/mol. The van der Waals surface area contributed by atoms with Crippen LogP contribution < -0.4 is 14.2 Å². The molecule has 0 radical (unpaired) electrons. The summed E-state index contributed by atoms with van der Waals surface area (Å²) in [5.41, 5.74) is 0.725. The van der Waals surface area contributed by atoms with Gasteiger partial charge in [-0.3, -0.25) is 0 Å². The van der Waals surface area contributed by atoms with E-state index in [1.165, 1.54) is 25.3 Å². The number of hydrogen-bond acceptors (Lipinski definition) is 7. The zero-order valence-electron chi connectivity index (χ0n) is 15.2. The predicted octanol–water partition coefficient (Wildman–Crippen LogP) is 3.28. The van der Waals surface area contributed by atoms with E-state index in [0.29, 0.717) is 18.2 Å². The number of halogens is 1. The second-order valence-electron chi connectivity index (χ2n) is 5.59. The average Bonchev–Trinajstić information content (AvgIpc) is 3.16. The van der Waals surface area contributed by atoms with Crippen molar-refractivity contribution in [2.45, 2.75) is 18.4 Å². The molecule has 8 nitrogen and oxygen atoms in total. The van der Waals surface area contributed by atoms with Crippen molar-refractivity contribution in [3.63, 3.8) is 0 Å². The molecule has 1 heterocycles. The molecule has 0 unspecified atom stereocenters. The van der Waals surface area contributed by atoms with Gasteiger partial charge in [-0.1, -0.05) is 16.8 Å². The predicted molar refractivity (Wildman–Crippen MR) is 103 cm³/mol. The van der Waals surface area contributed by atoms with E-state index in [-0.39, 0.29) is 22.4 Å². The Morgan fingerprint density at radius 3 is 2.57 bits per heavy atom. The highest BCUT2D eigenvalue weighted by Gasteiger charge is 2.18. The molecule has 0 atom stereocenters. The quantitative estimate of drug-likeness (QED) is 0.592. The van der Waals surface area contributed by atoms with Crippen LogP contribution in [0.3, 0.4) is 0 Å². The number of hydrogen-bond donors (Lipinski definition) is 1. The van der Waals surface area contributed by atoms with Crippen LogP contribution in [0.15, 0.2) is 51.9 Å². The fraction of sp³-hybridized carbons (Fsp3) is 0.222. The third-order valence-electron chi connectivity index (χ3n) is 3.74. The molecule has 0 aliphatic heterocycles. The molecule has 0 aliphatic rings. The minimum Gasteiger partial charge on any atom is -0.495 e. The minimum atomic E-state index is -3.81. The van der Waals surface area contributed by atoms with Gasteiger partial charge in [0.2, 0.25) is 21.7 Å². The number of aromatic nitrogens is 2. The number of sulfonamides is 1. The minimum absolute atomic E-state index is 0.00421. The summed E-state index contributed by atoms with van der Waals surface area (Å²) in [6.07, 6.45) is 0. The Morgan fingerprint density at radius 1 is 1.18 bits per heavy atom. The number of rotatable bonds is 8. The second-order valence-corrected chi connectivity index (χ2v) is 7.76. The van der Waals surface area contributed by atoms with Crippen molar-refractivity contribution in [2.75, 3.05) is 13.7 Å². The van der Waals surface area contributed by atoms with Gasteiger partial charge in [-0.05, 0) is 49.4 Å². The van der Waals surface area contributed by atoms with Crippen molar-refractivity contribution in [1.82, 2.24) is 14.9 Å². The fourth-order valence-electron chi connectivity index (χ4n) is 2.37. The number of nitrogens with one attached hydrogen (secondary N) is 1. The summed E-state index contributed by atoms with van der Waals surface area (Å²) in [6, 6.07) is 11.4. The SMILES string of the molecule is CCOc1ccc(-c2noc(CNS(=O)(=O)c3ccc(OC)c(Cl)c3)n2)cc1. The molecule has 1 N–H and O–H groups in total. The van der Waals surface area contributed by atoms with Crippen molar-refractivity contribution >= 4 is 21.6 Å². The third kappa shape index (κ3) is 4.61. The van der Waals surface area contributed by atoms with Gasteiger partial charge >= 0.3 is 0 Å². The van der Waals surface area contributed by atoms with Crippen molar-refractivity contribution < 1.29 is 22.4 Å². The number of benzene rings is 2. The summed E-state index contributed by atoms with van der Waals surface area (Å²) in [5, 5.41) is 4.07. The Balaban J connectivity index is 1.69. The summed E-state index contributed by atoms with van der Waals surface area (Å²) in [7, 11) is -2.36. The molecule has 0 saturated carbocycles. The highest BCUT2D eigenvalue weighted by molar-refractivity contribution is 7.89. The molecule has 28 heavy (non-hydrogen) atoms. The molecule has 0 saturated heterocycles. The zero-order chi connectivity index (χ0) is 20.1. The van der Waals surface area contributed by atoms with E-state index >= 15 is 0 Å². The van der Waals surface area contributed by atoms with Crippen LogP contribution in [0.1, 0.15) is 12.8 Å². The first-order valence-electron chi connectivity index (χ1n) is 8.32. The van der Waals surface area contributed by atoms with Crippen molar-refractivity contribution in [3.05, 3.63) is 53.4 Å². The van der Waals surface area contributed by atoms with E-state index in [1.54, 1.807) is 24.3 Å². The fourth-order valence-corrected chi connectivity index (χ4v) is 3.69. The largest absolute Gasteiger partial charge is 0.495 e. The highest BCUT2D eigenvalue weighted by Crippen LogP contribution is 2.27. The van der Waals surface area contributed by atoms with Gasteiger partial charge in [0.15, 0.2) is 0 Å². The first-order chi connectivity index (χ1) is 13.4. The molecular weight excluding hydrogens is 406 g/mol. The van der Waals surface area contributed by atoms with Gasteiger partial charge in [-0.15, -0.1) is 0 Å². The summed E-state index contributed by atoms with van der Waals surface area (Å²) < 4.78 is 42.8. The number of ether oxygens (including phenoxy) is 2. The first-order valence-corrected chi connectivity index (χ1v) is 10.2. The lowest BCUT2D eigenvalue weighted by Gasteiger charge is -2.07. The van der Waals surface area contributed by atoms with Crippen LogP contribution in [0, 0.1) is 0 Å². The Labute approximate surface area is 167 Å². The lowest BCUT2D eigenvalue weighted by atomic mass is 10.2. The van der Waals surface area contributed by atoms with Crippen molar-refractivity contribution in [2.24, 2.45) is 0 Å². The maximum absolute atomic E-state index is 12.4. The van der Waals surface area contributed by atoms with Crippen LogP contribution in [0.25, 0.3) is 11.4 Å². The monoisotopic (exact) mass is 423 g/mol. The number of nitrogens with zero attached hydrogens (tertiary/aromatic N) is 2. The molecule has 3 rings (SSSR count). The summed E-state index contributed by atoms with van der Waals surface area (Å²) in [4.78, 5) is 4.21. The third-order valence-corrected chi connectivity index (χ3v) is 5.43. The van der Waals surface area contributed by atoms with Crippen LogP contribution >= 0.6 is 11.6 Å². The molecule has 1 aromatic heterocycles. The van der Waals surface area contributed by atoms with Gasteiger partial charge in [-0.2, -0.15) is 4.98 Å². The van der Waals surface area contributed by atoms with E-state index in [1.807, 2.05) is 6.92 Å². The summed E-state index contributed by atoms with van der Waals surface area (Å²) >= 11 is 5.99. The Morgan fingerprint density at radius 2 is 1.93 bits per heavy atom. The van der Waals surface area contributed by atoms with Crippen LogP contribution in [-0.4, -0.2) is 32.3 Å². The summed E-state index contributed by atoms with van der Waals surface area (Å²) in [5.74, 6) is 1.61. The molecule has 0 fully saturated rings.